The average molecular weight is 259 g/mol. The van der Waals surface area contributed by atoms with Crippen molar-refractivity contribution in [1.82, 2.24) is 5.43 Å². The fourth-order valence-electron chi connectivity index (χ4n) is 0.964. The second-order valence-electron chi connectivity index (χ2n) is 3.20. The zero-order valence-electron chi connectivity index (χ0n) is 7.38. The highest BCUT2D eigenvalue weighted by Crippen LogP contribution is 2.23. The minimum atomic E-state index is 0.637. The Morgan fingerprint density at radius 2 is 2.38 bits per heavy atom. The summed E-state index contributed by atoms with van der Waals surface area (Å²) in [6.07, 6.45) is 2.54. The van der Waals surface area contributed by atoms with E-state index in [0.717, 1.165) is 9.50 Å². The number of nitrogens with one attached hydrogen (secondary N) is 1. The number of nitrogens with zero attached hydrogens (tertiary/aromatic N) is 1. The predicted molar refractivity (Wildman–Crippen MR) is 60.4 cm³/mol. The SMILES string of the molecule is C/C(=N/NC1CC1)c1ccc(Br)s1. The van der Waals surface area contributed by atoms with Crippen molar-refractivity contribution in [3.8, 4) is 0 Å². The fraction of sp³-hybridized carbons (Fsp3) is 0.444. The molecule has 1 heterocycles. The minimum Gasteiger partial charge on any atom is -0.307 e. The third-order valence-corrected chi connectivity index (χ3v) is 3.65. The molecule has 1 aliphatic carbocycles. The molecule has 0 spiro atoms. The van der Waals surface area contributed by atoms with Crippen molar-refractivity contribution < 1.29 is 0 Å². The van der Waals surface area contributed by atoms with Crippen LogP contribution in [0, 0.1) is 0 Å². The van der Waals surface area contributed by atoms with Crippen molar-refractivity contribution in [1.29, 1.82) is 0 Å². The number of hydrogen-bond donors (Lipinski definition) is 1. The van der Waals surface area contributed by atoms with Crippen molar-refractivity contribution in [2.24, 2.45) is 5.10 Å². The van der Waals surface area contributed by atoms with Gasteiger partial charge in [-0.2, -0.15) is 5.10 Å². The molecule has 0 aliphatic heterocycles. The molecular weight excluding hydrogens is 248 g/mol. The van der Waals surface area contributed by atoms with Gasteiger partial charge in [0.25, 0.3) is 0 Å². The lowest BCUT2D eigenvalue weighted by molar-refractivity contribution is 0.737. The first-order valence-electron chi connectivity index (χ1n) is 4.31. The molecule has 4 heteroatoms. The molecular formula is C9H11BrN2S. The first-order valence-corrected chi connectivity index (χ1v) is 5.92. The Balaban J connectivity index is 2.02. The van der Waals surface area contributed by atoms with Gasteiger partial charge in [-0.3, -0.25) is 0 Å². The van der Waals surface area contributed by atoms with Crippen molar-refractivity contribution in [2.75, 3.05) is 0 Å². The topological polar surface area (TPSA) is 24.4 Å². The molecule has 1 saturated carbocycles. The first kappa shape index (κ1) is 9.21. The maximum atomic E-state index is 4.33. The Kier molecular flexibility index (Phi) is 2.69. The highest BCUT2D eigenvalue weighted by molar-refractivity contribution is 9.11. The van der Waals surface area contributed by atoms with Crippen LogP contribution in [0.15, 0.2) is 21.0 Å². The molecule has 1 aromatic heterocycles. The predicted octanol–water partition coefficient (Wildman–Crippen LogP) is 2.99. The molecule has 0 bridgehead atoms. The third kappa shape index (κ3) is 2.54. The summed E-state index contributed by atoms with van der Waals surface area (Å²) in [4.78, 5) is 1.22. The quantitative estimate of drug-likeness (QED) is 0.655. The summed E-state index contributed by atoms with van der Waals surface area (Å²) in [5.74, 6) is 0. The monoisotopic (exact) mass is 258 g/mol. The molecule has 70 valence electrons. The Labute approximate surface area is 90.2 Å². The van der Waals surface area contributed by atoms with Crippen LogP contribution in [0.2, 0.25) is 0 Å². The van der Waals surface area contributed by atoms with Gasteiger partial charge in [-0.1, -0.05) is 0 Å². The summed E-state index contributed by atoms with van der Waals surface area (Å²) >= 11 is 5.15. The van der Waals surface area contributed by atoms with Crippen LogP contribution in [0.1, 0.15) is 24.6 Å². The molecule has 1 aliphatic rings. The number of rotatable bonds is 3. The molecule has 0 amide bonds. The van der Waals surface area contributed by atoms with E-state index in [1.807, 2.05) is 6.92 Å². The van der Waals surface area contributed by atoms with E-state index in [1.54, 1.807) is 11.3 Å². The molecule has 13 heavy (non-hydrogen) atoms. The number of halogens is 1. The van der Waals surface area contributed by atoms with Gasteiger partial charge in [0.05, 0.1) is 14.4 Å². The van der Waals surface area contributed by atoms with Crippen LogP contribution in [-0.2, 0) is 0 Å². The average Bonchev–Trinajstić information content (AvgIpc) is 2.84. The summed E-state index contributed by atoms with van der Waals surface area (Å²) in [7, 11) is 0. The summed E-state index contributed by atoms with van der Waals surface area (Å²) in [6.45, 7) is 2.04. The minimum absolute atomic E-state index is 0.637. The smallest absolute Gasteiger partial charge is 0.0744 e. The second-order valence-corrected chi connectivity index (χ2v) is 5.67. The molecule has 0 unspecified atom stereocenters. The Morgan fingerprint density at radius 1 is 1.62 bits per heavy atom. The van der Waals surface area contributed by atoms with Gasteiger partial charge in [0, 0.05) is 6.04 Å². The number of hydrogen-bond acceptors (Lipinski definition) is 3. The van der Waals surface area contributed by atoms with E-state index >= 15 is 0 Å². The van der Waals surface area contributed by atoms with E-state index in [-0.39, 0.29) is 0 Å². The van der Waals surface area contributed by atoms with Gasteiger partial charge in [0.1, 0.15) is 0 Å². The van der Waals surface area contributed by atoms with E-state index in [2.05, 4.69) is 38.6 Å². The zero-order valence-corrected chi connectivity index (χ0v) is 9.78. The highest BCUT2D eigenvalue weighted by atomic mass is 79.9. The molecule has 2 rings (SSSR count). The third-order valence-electron chi connectivity index (χ3n) is 1.92. The van der Waals surface area contributed by atoms with Gasteiger partial charge in [-0.25, -0.2) is 0 Å². The van der Waals surface area contributed by atoms with Crippen LogP contribution in [0.3, 0.4) is 0 Å². The van der Waals surface area contributed by atoms with Crippen molar-refractivity contribution >= 4 is 33.0 Å². The second kappa shape index (κ2) is 3.80. The first-order chi connectivity index (χ1) is 6.25. The van der Waals surface area contributed by atoms with E-state index in [1.165, 1.54) is 17.7 Å². The Bertz CT molecular complexity index is 328. The lowest BCUT2D eigenvalue weighted by Crippen LogP contribution is -2.10. The lowest BCUT2D eigenvalue weighted by atomic mass is 10.3. The van der Waals surface area contributed by atoms with Gasteiger partial charge in [0.15, 0.2) is 0 Å². The standard InChI is InChI=1S/C9H11BrN2S/c1-6(11-12-7-2-3-7)8-4-5-9(10)13-8/h4-5,7,12H,2-3H2,1H3/b11-6-. The molecule has 1 N–H and O–H groups in total. The van der Waals surface area contributed by atoms with Gasteiger partial charge in [-0.15, -0.1) is 11.3 Å². The maximum absolute atomic E-state index is 4.33. The van der Waals surface area contributed by atoms with Crippen LogP contribution in [0.25, 0.3) is 0 Å². The van der Waals surface area contributed by atoms with Crippen LogP contribution < -0.4 is 5.43 Å². The molecule has 1 fully saturated rings. The summed E-state index contributed by atoms with van der Waals surface area (Å²) < 4.78 is 1.16. The molecule has 1 aromatic rings. The van der Waals surface area contributed by atoms with E-state index in [9.17, 15) is 0 Å². The zero-order chi connectivity index (χ0) is 9.26. The maximum Gasteiger partial charge on any atom is 0.0744 e. The number of thiophene rings is 1. The largest absolute Gasteiger partial charge is 0.307 e. The molecule has 0 atom stereocenters. The van der Waals surface area contributed by atoms with Gasteiger partial charge >= 0.3 is 0 Å². The molecule has 2 nitrogen and oxygen atoms in total. The van der Waals surface area contributed by atoms with Gasteiger partial charge < -0.3 is 5.43 Å². The Hall–Kier alpha value is -0.350. The van der Waals surface area contributed by atoms with Crippen LogP contribution in [-0.4, -0.2) is 11.8 Å². The van der Waals surface area contributed by atoms with Gasteiger partial charge in [-0.05, 0) is 47.8 Å². The van der Waals surface area contributed by atoms with E-state index < -0.39 is 0 Å². The molecule has 0 radical (unpaired) electrons. The van der Waals surface area contributed by atoms with Crippen LogP contribution in [0.4, 0.5) is 0 Å². The summed E-state index contributed by atoms with van der Waals surface area (Å²) in [5.41, 5.74) is 4.22. The van der Waals surface area contributed by atoms with Gasteiger partial charge in [0.2, 0.25) is 0 Å². The molecule has 0 saturated heterocycles. The Morgan fingerprint density at radius 3 is 2.92 bits per heavy atom. The van der Waals surface area contributed by atoms with Crippen LogP contribution in [0.5, 0.6) is 0 Å². The van der Waals surface area contributed by atoms with Crippen molar-refractivity contribution in [2.45, 2.75) is 25.8 Å². The summed E-state index contributed by atoms with van der Waals surface area (Å²) in [5, 5.41) is 4.33. The normalized spacial score (nSPS) is 17.5. The fourth-order valence-corrected chi connectivity index (χ4v) is 2.30. The van der Waals surface area contributed by atoms with Crippen LogP contribution >= 0.6 is 27.3 Å². The van der Waals surface area contributed by atoms with E-state index in [0.29, 0.717) is 6.04 Å². The summed E-state index contributed by atoms with van der Waals surface area (Å²) in [6, 6.07) is 4.77. The molecule has 0 aromatic carbocycles. The number of hydrazone groups is 1. The van der Waals surface area contributed by atoms with Crippen molar-refractivity contribution in [3.63, 3.8) is 0 Å². The van der Waals surface area contributed by atoms with E-state index in [4.69, 9.17) is 0 Å². The lowest BCUT2D eigenvalue weighted by Gasteiger charge is -1.97. The van der Waals surface area contributed by atoms with Crippen molar-refractivity contribution in [3.05, 3.63) is 20.8 Å². The highest BCUT2D eigenvalue weighted by Gasteiger charge is 2.20.